The van der Waals surface area contributed by atoms with Crippen molar-refractivity contribution in [3.05, 3.63) is 179 Å². The minimum absolute atomic E-state index is 0.0354. The maximum Gasteiger partial charge on any atom is 0.407 e. The summed E-state index contributed by atoms with van der Waals surface area (Å²) >= 11 is 0. The first-order valence-corrected chi connectivity index (χ1v) is 25.6. The van der Waals surface area contributed by atoms with Crippen LogP contribution >= 0.6 is 0 Å². The Bertz CT molecular complexity index is 2580. The van der Waals surface area contributed by atoms with E-state index in [2.05, 4.69) is 31.9 Å². The number of esters is 1. The van der Waals surface area contributed by atoms with Crippen molar-refractivity contribution in [1.82, 2.24) is 31.9 Å². The highest BCUT2D eigenvalue weighted by molar-refractivity contribution is 5.94. The van der Waals surface area contributed by atoms with Crippen molar-refractivity contribution in [1.29, 1.82) is 0 Å². The molecule has 0 aliphatic heterocycles. The fraction of sp³-hybridized carbons (Fsp3) is 0.362. The highest BCUT2D eigenvalue weighted by atomic mass is 16.6. The summed E-state index contributed by atoms with van der Waals surface area (Å²) in [6, 6.07) is 40.8. The molecule has 410 valence electrons. The van der Waals surface area contributed by atoms with E-state index in [4.69, 9.17) is 29.4 Å². The molecule has 0 aromatic heterocycles. The zero-order valence-electron chi connectivity index (χ0n) is 43.7. The Morgan fingerprint density at radius 3 is 1.31 bits per heavy atom. The Morgan fingerprint density at radius 1 is 0.429 bits per heavy atom. The first-order chi connectivity index (χ1) is 37.2. The monoisotopic (exact) mass is 1060 g/mol. The minimum Gasteiger partial charge on any atom is -0.459 e. The Hall–Kier alpha value is -7.97. The molecule has 0 aliphatic rings. The number of unbranched alkanes of at least 4 members (excludes halogenated alkanes) is 1. The van der Waals surface area contributed by atoms with Crippen LogP contribution in [0.25, 0.3) is 0 Å². The van der Waals surface area contributed by atoms with Gasteiger partial charge < -0.3 is 61.3 Å². The fourth-order valence-electron chi connectivity index (χ4n) is 7.49. The van der Waals surface area contributed by atoms with Gasteiger partial charge in [0.25, 0.3) is 0 Å². The fourth-order valence-corrected chi connectivity index (χ4v) is 7.49. The molecule has 5 rings (SSSR count). The topological polar surface area (TPSA) is 264 Å². The summed E-state index contributed by atoms with van der Waals surface area (Å²) in [5.41, 5.74) is 10.2. The van der Waals surface area contributed by atoms with Crippen LogP contribution in [0.2, 0.25) is 0 Å². The molecule has 0 spiro atoms. The third kappa shape index (κ3) is 22.4. The number of nitrogens with one attached hydrogen (secondary N) is 6. The van der Waals surface area contributed by atoms with Crippen LogP contribution in [-0.4, -0.2) is 104 Å². The van der Waals surface area contributed by atoms with Crippen molar-refractivity contribution >= 4 is 41.6 Å². The van der Waals surface area contributed by atoms with Crippen molar-refractivity contribution in [3.8, 4) is 0 Å². The smallest absolute Gasteiger partial charge is 0.407 e. The molecule has 5 aromatic carbocycles. The lowest BCUT2D eigenvalue weighted by molar-refractivity contribution is -0.154. The van der Waals surface area contributed by atoms with Crippen LogP contribution in [0, 0.1) is 0 Å². The molecule has 0 saturated carbocycles. The number of ether oxygens (including phenoxy) is 5. The second kappa shape index (κ2) is 33.1. The van der Waals surface area contributed by atoms with E-state index < -0.39 is 97.2 Å². The molecule has 0 saturated heterocycles. The molecule has 77 heavy (non-hydrogen) atoms. The Labute approximate surface area is 449 Å². The van der Waals surface area contributed by atoms with Crippen LogP contribution in [0.5, 0.6) is 0 Å². The van der Waals surface area contributed by atoms with E-state index in [1.54, 1.807) is 45.0 Å². The van der Waals surface area contributed by atoms with Crippen LogP contribution < -0.4 is 37.6 Å². The average Bonchev–Trinajstić information content (AvgIpc) is 3.46. The van der Waals surface area contributed by atoms with Crippen molar-refractivity contribution in [2.24, 2.45) is 5.73 Å². The molecule has 0 radical (unpaired) electrons. The predicted octanol–water partition coefficient (Wildman–Crippen LogP) is 4.66. The van der Waals surface area contributed by atoms with Crippen LogP contribution in [0.4, 0.5) is 4.79 Å². The Kier molecular flexibility index (Phi) is 25.8. The number of hydrogen-bond donors (Lipinski definition) is 7. The summed E-state index contributed by atoms with van der Waals surface area (Å²) < 4.78 is 28.8. The number of nitrogens with two attached hydrogens (primary N) is 1. The number of carbonyl (C=O) groups excluding carboxylic acids is 7. The summed E-state index contributed by atoms with van der Waals surface area (Å²) in [7, 11) is 0. The molecular formula is C58H71N7O12. The lowest BCUT2D eigenvalue weighted by atomic mass is 10.1. The first kappa shape index (κ1) is 59.9. The van der Waals surface area contributed by atoms with Crippen LogP contribution in [0.15, 0.2) is 152 Å². The molecule has 19 nitrogen and oxygen atoms in total. The van der Waals surface area contributed by atoms with E-state index in [-0.39, 0.29) is 46.0 Å². The van der Waals surface area contributed by atoms with Gasteiger partial charge in [0.1, 0.15) is 31.3 Å². The maximum atomic E-state index is 14.3. The number of alkyl carbamates (subject to hydrolysis) is 1. The molecular weight excluding hydrogens is 987 g/mol. The van der Waals surface area contributed by atoms with Crippen molar-refractivity contribution in [3.63, 3.8) is 0 Å². The highest BCUT2D eigenvalue weighted by Crippen LogP contribution is 2.13. The molecule has 0 bridgehead atoms. The lowest BCUT2D eigenvalue weighted by Gasteiger charge is -2.27. The summed E-state index contributed by atoms with van der Waals surface area (Å²) in [4.78, 5) is 94.6. The van der Waals surface area contributed by atoms with Gasteiger partial charge in [-0.1, -0.05) is 152 Å². The van der Waals surface area contributed by atoms with E-state index in [0.717, 1.165) is 27.8 Å². The van der Waals surface area contributed by atoms with Gasteiger partial charge in [-0.05, 0) is 67.9 Å². The molecule has 0 unspecified atom stereocenters. The molecule has 6 amide bonds. The largest absolute Gasteiger partial charge is 0.459 e. The van der Waals surface area contributed by atoms with E-state index >= 15 is 0 Å². The second-order valence-corrected chi connectivity index (χ2v) is 18.2. The van der Waals surface area contributed by atoms with E-state index in [9.17, 15) is 33.6 Å². The van der Waals surface area contributed by atoms with E-state index in [1.807, 2.05) is 127 Å². The van der Waals surface area contributed by atoms with Crippen molar-refractivity contribution in [2.45, 2.75) is 116 Å². The quantitative estimate of drug-likeness (QED) is 0.0229. The zero-order valence-corrected chi connectivity index (χ0v) is 43.7. The van der Waals surface area contributed by atoms with Crippen LogP contribution in [-0.2, 0) is 85.5 Å². The molecule has 0 fully saturated rings. The van der Waals surface area contributed by atoms with E-state index in [0.29, 0.717) is 12.8 Å². The summed E-state index contributed by atoms with van der Waals surface area (Å²) in [5, 5.41) is 15.7. The Morgan fingerprint density at radius 2 is 0.831 bits per heavy atom. The molecule has 8 N–H and O–H groups in total. The van der Waals surface area contributed by atoms with Gasteiger partial charge in [0, 0.05) is 6.54 Å². The van der Waals surface area contributed by atoms with Gasteiger partial charge in [0.2, 0.25) is 29.5 Å². The van der Waals surface area contributed by atoms with Crippen molar-refractivity contribution in [2.75, 3.05) is 19.6 Å². The number of amides is 6. The molecule has 0 heterocycles. The number of benzene rings is 5. The third-order valence-electron chi connectivity index (χ3n) is 12.1. The normalized spacial score (nSPS) is 13.7. The van der Waals surface area contributed by atoms with Gasteiger partial charge in [-0.15, -0.1) is 0 Å². The zero-order chi connectivity index (χ0) is 55.2. The Balaban J connectivity index is 1.24. The maximum absolute atomic E-state index is 14.3. The third-order valence-corrected chi connectivity index (χ3v) is 12.1. The standard InChI is InChI=1S/C58H71N7O12/c1-40(73-35-43-21-9-4-10-22-43)51(59)55(69)61-34-50(67)64-52(41(2)74-36-44-23-11-5-12-24-44)56(70)62-33-49(66)63-48(31-19-20-32-60-58(72)77-39-47-29-17-8-18-30-47)54(68)65-53(42(3)75-37-45-25-13-6-14-26-45)57(71)76-38-46-27-15-7-16-28-46/h4-18,21-30,40-42,48,51-53H,19-20,31-39,59H2,1-3H3,(H,60,72)(H,61,69)(H,62,70)(H,63,66)(H,64,67)(H,65,68)/t40-,41-,42-,48+,51+,52+,53+/m1/s1. The van der Waals surface area contributed by atoms with Gasteiger partial charge in [0.15, 0.2) is 6.04 Å². The summed E-state index contributed by atoms with van der Waals surface area (Å²) in [6.07, 6.45) is -2.50. The molecule has 0 aliphatic carbocycles. The van der Waals surface area contributed by atoms with Crippen molar-refractivity contribution < 1.29 is 57.2 Å². The molecule has 5 aromatic rings. The lowest BCUT2D eigenvalue weighted by Crippen LogP contribution is -2.58. The van der Waals surface area contributed by atoms with Gasteiger partial charge >= 0.3 is 12.1 Å². The van der Waals surface area contributed by atoms with Gasteiger partial charge in [-0.3, -0.25) is 24.0 Å². The van der Waals surface area contributed by atoms with Gasteiger partial charge in [-0.25, -0.2) is 9.59 Å². The first-order valence-electron chi connectivity index (χ1n) is 25.6. The number of rotatable bonds is 32. The van der Waals surface area contributed by atoms with Crippen LogP contribution in [0.1, 0.15) is 67.9 Å². The van der Waals surface area contributed by atoms with Gasteiger partial charge in [-0.2, -0.15) is 0 Å². The number of carbonyl (C=O) groups is 7. The summed E-state index contributed by atoms with van der Waals surface area (Å²) in [5.74, 6) is -4.53. The number of hydrogen-bond acceptors (Lipinski definition) is 13. The SMILES string of the molecule is C[C@@H](OCc1ccccc1)[C@H](N)C(=O)NCC(=O)N[C@H](C(=O)NCC(=O)N[C@@H](CCCCNC(=O)OCc1ccccc1)C(=O)N[C@H](C(=O)OCc1ccccc1)[C@@H](C)OCc1ccccc1)[C@@H](C)OCc1ccccc1. The molecule has 19 heteroatoms. The summed E-state index contributed by atoms with van der Waals surface area (Å²) in [6.45, 7) is 4.21. The second-order valence-electron chi connectivity index (χ2n) is 18.2. The van der Waals surface area contributed by atoms with Gasteiger partial charge in [0.05, 0.1) is 51.2 Å². The molecule has 7 atom stereocenters. The highest BCUT2D eigenvalue weighted by Gasteiger charge is 2.34. The average molecular weight is 1060 g/mol. The predicted molar refractivity (Wildman–Crippen MR) is 287 cm³/mol. The van der Waals surface area contributed by atoms with E-state index in [1.165, 1.54) is 0 Å². The minimum atomic E-state index is -1.37. The van der Waals surface area contributed by atoms with Crippen LogP contribution in [0.3, 0.4) is 0 Å².